The fourth-order valence-electron chi connectivity index (χ4n) is 2.11. The third-order valence-electron chi connectivity index (χ3n) is 3.24. The van der Waals surface area contributed by atoms with E-state index in [-0.39, 0.29) is 17.4 Å². The standard InChI is InChI=1S/C14H15BrFN3O/c1-3-11(4-2)19-7-9(8-20)13(18-19)14-12(16)5-10(15)6-17-14/h5-8,11H,3-4H2,1-2H3. The maximum absolute atomic E-state index is 14.0. The second kappa shape index (κ2) is 6.26. The summed E-state index contributed by atoms with van der Waals surface area (Å²) in [5, 5.41) is 4.35. The Bertz CT molecular complexity index is 623. The highest BCUT2D eigenvalue weighted by Gasteiger charge is 2.18. The van der Waals surface area contributed by atoms with E-state index in [0.717, 1.165) is 12.8 Å². The Kier molecular flexibility index (Phi) is 4.65. The van der Waals surface area contributed by atoms with Gasteiger partial charge in [-0.25, -0.2) is 4.39 Å². The molecular weight excluding hydrogens is 325 g/mol. The molecule has 0 saturated carbocycles. The van der Waals surface area contributed by atoms with Crippen LogP contribution in [0.5, 0.6) is 0 Å². The predicted octanol–water partition coefficient (Wildman–Crippen LogP) is 4.02. The first-order valence-electron chi connectivity index (χ1n) is 6.46. The van der Waals surface area contributed by atoms with Gasteiger partial charge in [-0.3, -0.25) is 14.5 Å². The highest BCUT2D eigenvalue weighted by atomic mass is 79.9. The summed E-state index contributed by atoms with van der Waals surface area (Å²) in [6.07, 6.45) is 5.62. The Balaban J connectivity index is 2.53. The Morgan fingerprint density at radius 1 is 1.40 bits per heavy atom. The summed E-state index contributed by atoms with van der Waals surface area (Å²) in [4.78, 5) is 15.2. The largest absolute Gasteiger partial charge is 0.298 e. The van der Waals surface area contributed by atoms with Gasteiger partial charge < -0.3 is 0 Å². The van der Waals surface area contributed by atoms with Crippen LogP contribution in [0.15, 0.2) is 22.9 Å². The number of halogens is 2. The van der Waals surface area contributed by atoms with Crippen molar-refractivity contribution in [2.24, 2.45) is 0 Å². The molecule has 20 heavy (non-hydrogen) atoms. The molecule has 2 aromatic heterocycles. The number of rotatable bonds is 5. The van der Waals surface area contributed by atoms with Gasteiger partial charge in [-0.05, 0) is 34.8 Å². The molecule has 2 aromatic rings. The number of pyridine rings is 1. The molecular formula is C14H15BrFN3O. The molecule has 0 N–H and O–H groups in total. The predicted molar refractivity (Wildman–Crippen MR) is 78.1 cm³/mol. The van der Waals surface area contributed by atoms with E-state index in [1.54, 1.807) is 10.9 Å². The zero-order valence-corrected chi connectivity index (χ0v) is 12.9. The van der Waals surface area contributed by atoms with Crippen LogP contribution in [0.4, 0.5) is 4.39 Å². The molecule has 0 aliphatic rings. The monoisotopic (exact) mass is 339 g/mol. The molecule has 0 amide bonds. The minimum absolute atomic E-state index is 0.0972. The topological polar surface area (TPSA) is 47.8 Å². The molecule has 0 aliphatic carbocycles. The first-order valence-corrected chi connectivity index (χ1v) is 7.25. The molecule has 0 unspecified atom stereocenters. The normalized spacial score (nSPS) is 11.1. The number of carbonyl (C=O) groups excluding carboxylic acids is 1. The summed E-state index contributed by atoms with van der Waals surface area (Å²) in [6.45, 7) is 4.10. The Morgan fingerprint density at radius 3 is 2.65 bits per heavy atom. The van der Waals surface area contributed by atoms with E-state index < -0.39 is 5.82 Å². The van der Waals surface area contributed by atoms with Gasteiger partial charge in [0.1, 0.15) is 11.4 Å². The van der Waals surface area contributed by atoms with Gasteiger partial charge in [0.05, 0.1) is 11.6 Å². The summed E-state index contributed by atoms with van der Waals surface area (Å²) in [7, 11) is 0. The Morgan fingerprint density at radius 2 is 2.10 bits per heavy atom. The fraction of sp³-hybridized carbons (Fsp3) is 0.357. The SMILES string of the molecule is CCC(CC)n1cc(C=O)c(-c2ncc(Br)cc2F)n1. The summed E-state index contributed by atoms with van der Waals surface area (Å²) in [5.41, 5.74) is 0.738. The number of hydrogen-bond donors (Lipinski definition) is 0. The summed E-state index contributed by atoms with van der Waals surface area (Å²) < 4.78 is 16.2. The second-order valence-corrected chi connectivity index (χ2v) is 5.40. The molecule has 0 aliphatic heterocycles. The molecule has 0 spiro atoms. The van der Waals surface area contributed by atoms with E-state index in [4.69, 9.17) is 0 Å². The van der Waals surface area contributed by atoms with Crippen LogP contribution < -0.4 is 0 Å². The van der Waals surface area contributed by atoms with Gasteiger partial charge in [0, 0.05) is 16.9 Å². The van der Waals surface area contributed by atoms with Crippen LogP contribution in [0.3, 0.4) is 0 Å². The molecule has 2 heterocycles. The van der Waals surface area contributed by atoms with Crippen LogP contribution in [0.2, 0.25) is 0 Å². The van der Waals surface area contributed by atoms with Gasteiger partial charge in [0.25, 0.3) is 0 Å². The van der Waals surface area contributed by atoms with Crippen molar-refractivity contribution in [3.8, 4) is 11.4 Å². The Labute approximate surface area is 125 Å². The smallest absolute Gasteiger partial charge is 0.153 e. The third kappa shape index (κ3) is 2.80. The van der Waals surface area contributed by atoms with Crippen molar-refractivity contribution in [3.63, 3.8) is 0 Å². The summed E-state index contributed by atoms with van der Waals surface area (Å²) in [6, 6.07) is 1.51. The molecule has 0 radical (unpaired) electrons. The molecule has 0 fully saturated rings. The average Bonchev–Trinajstić information content (AvgIpc) is 2.84. The van der Waals surface area contributed by atoms with Gasteiger partial charge in [-0.1, -0.05) is 13.8 Å². The highest BCUT2D eigenvalue weighted by Crippen LogP contribution is 2.26. The van der Waals surface area contributed by atoms with Crippen LogP contribution in [-0.2, 0) is 0 Å². The van der Waals surface area contributed by atoms with E-state index >= 15 is 0 Å². The quantitative estimate of drug-likeness (QED) is 0.773. The first kappa shape index (κ1) is 14.8. The van der Waals surface area contributed by atoms with Gasteiger partial charge in [0.15, 0.2) is 12.1 Å². The van der Waals surface area contributed by atoms with Crippen molar-refractivity contribution in [3.05, 3.63) is 34.3 Å². The molecule has 0 atom stereocenters. The molecule has 0 aromatic carbocycles. The van der Waals surface area contributed by atoms with Crippen molar-refractivity contribution < 1.29 is 9.18 Å². The highest BCUT2D eigenvalue weighted by molar-refractivity contribution is 9.10. The summed E-state index contributed by atoms with van der Waals surface area (Å²) in [5.74, 6) is -0.503. The minimum Gasteiger partial charge on any atom is -0.298 e. The van der Waals surface area contributed by atoms with Crippen molar-refractivity contribution >= 4 is 22.2 Å². The van der Waals surface area contributed by atoms with Crippen LogP contribution >= 0.6 is 15.9 Å². The molecule has 106 valence electrons. The molecule has 4 nitrogen and oxygen atoms in total. The van der Waals surface area contributed by atoms with E-state index in [1.165, 1.54) is 12.3 Å². The molecule has 6 heteroatoms. The molecule has 0 saturated heterocycles. The lowest BCUT2D eigenvalue weighted by molar-refractivity contribution is 0.112. The van der Waals surface area contributed by atoms with Gasteiger partial charge >= 0.3 is 0 Å². The number of aldehydes is 1. The van der Waals surface area contributed by atoms with Crippen molar-refractivity contribution in [1.82, 2.24) is 14.8 Å². The van der Waals surface area contributed by atoms with Crippen molar-refractivity contribution in [1.29, 1.82) is 0 Å². The van der Waals surface area contributed by atoms with Crippen LogP contribution in [0.1, 0.15) is 43.1 Å². The zero-order valence-electron chi connectivity index (χ0n) is 11.3. The van der Waals surface area contributed by atoms with E-state index in [1.807, 2.05) is 0 Å². The zero-order chi connectivity index (χ0) is 14.7. The van der Waals surface area contributed by atoms with Gasteiger partial charge in [-0.2, -0.15) is 5.10 Å². The van der Waals surface area contributed by atoms with Crippen LogP contribution in [-0.4, -0.2) is 21.1 Å². The Hall–Kier alpha value is -1.56. The molecule has 2 rings (SSSR count). The molecule has 0 bridgehead atoms. The third-order valence-corrected chi connectivity index (χ3v) is 3.67. The van der Waals surface area contributed by atoms with E-state index in [0.29, 0.717) is 16.3 Å². The van der Waals surface area contributed by atoms with E-state index in [2.05, 4.69) is 39.9 Å². The number of carbonyl (C=O) groups is 1. The first-order chi connectivity index (χ1) is 9.60. The summed E-state index contributed by atoms with van der Waals surface area (Å²) >= 11 is 3.16. The number of aromatic nitrogens is 3. The van der Waals surface area contributed by atoms with Crippen LogP contribution in [0.25, 0.3) is 11.4 Å². The van der Waals surface area contributed by atoms with E-state index in [9.17, 15) is 9.18 Å². The second-order valence-electron chi connectivity index (χ2n) is 4.49. The lowest BCUT2D eigenvalue weighted by Crippen LogP contribution is -2.07. The van der Waals surface area contributed by atoms with Gasteiger partial charge in [-0.15, -0.1) is 0 Å². The van der Waals surface area contributed by atoms with Gasteiger partial charge in [0.2, 0.25) is 0 Å². The number of nitrogens with zero attached hydrogens (tertiary/aromatic N) is 3. The van der Waals surface area contributed by atoms with Crippen LogP contribution in [0, 0.1) is 5.82 Å². The fourth-order valence-corrected chi connectivity index (χ4v) is 2.42. The maximum atomic E-state index is 14.0. The average molecular weight is 340 g/mol. The minimum atomic E-state index is -0.503. The maximum Gasteiger partial charge on any atom is 0.153 e. The van der Waals surface area contributed by atoms with Crippen molar-refractivity contribution in [2.45, 2.75) is 32.7 Å². The lowest BCUT2D eigenvalue weighted by atomic mass is 10.2. The van der Waals surface area contributed by atoms with Crippen molar-refractivity contribution in [2.75, 3.05) is 0 Å². The number of hydrogen-bond acceptors (Lipinski definition) is 3. The lowest BCUT2D eigenvalue weighted by Gasteiger charge is -2.12.